The van der Waals surface area contributed by atoms with Crippen LogP contribution in [0.25, 0.3) is 6.08 Å². The number of methoxy groups -OCH3 is 1. The summed E-state index contributed by atoms with van der Waals surface area (Å²) in [6.45, 7) is 0. The number of carbonyl (C=O) groups excluding carboxylic acids is 1. The molecule has 23 heavy (non-hydrogen) atoms. The van der Waals surface area contributed by atoms with Gasteiger partial charge in [-0.05, 0) is 48.7 Å². The lowest BCUT2D eigenvalue weighted by atomic mass is 9.89. The van der Waals surface area contributed by atoms with Crippen LogP contribution in [-0.4, -0.2) is 19.0 Å². The quantitative estimate of drug-likeness (QED) is 0.791. The minimum atomic E-state index is -0.180. The van der Waals surface area contributed by atoms with Crippen molar-refractivity contribution >= 4 is 11.9 Å². The summed E-state index contributed by atoms with van der Waals surface area (Å²) in [4.78, 5) is 12.3. The normalized spacial score (nSPS) is 19.6. The molecule has 0 N–H and O–H groups in total. The number of rotatable bonds is 4. The molecule has 0 amide bonds. The zero-order chi connectivity index (χ0) is 16.1. The molecule has 118 valence electrons. The first-order valence-corrected chi connectivity index (χ1v) is 7.87. The Morgan fingerprint density at radius 3 is 2.43 bits per heavy atom. The third kappa shape index (κ3) is 3.81. The molecule has 1 aliphatic rings. The zero-order valence-corrected chi connectivity index (χ0v) is 13.2. The average Bonchev–Trinajstić information content (AvgIpc) is 2.59. The lowest BCUT2D eigenvalue weighted by Crippen LogP contribution is -2.28. The molecule has 0 saturated heterocycles. The molecule has 1 unspecified atom stereocenters. The maximum absolute atomic E-state index is 12.3. The van der Waals surface area contributed by atoms with Crippen molar-refractivity contribution < 1.29 is 14.3 Å². The summed E-state index contributed by atoms with van der Waals surface area (Å²) in [5.74, 6) is 1.78. The lowest BCUT2D eigenvalue weighted by molar-refractivity contribution is -0.117. The van der Waals surface area contributed by atoms with E-state index in [1.54, 1.807) is 7.11 Å². The molecule has 3 heteroatoms. The molecule has 0 bridgehead atoms. The highest BCUT2D eigenvalue weighted by molar-refractivity contribution is 6.01. The van der Waals surface area contributed by atoms with Gasteiger partial charge in [0.1, 0.15) is 17.6 Å². The molecule has 1 fully saturated rings. The van der Waals surface area contributed by atoms with E-state index in [1.165, 1.54) is 0 Å². The largest absolute Gasteiger partial charge is 0.497 e. The molecule has 0 aromatic heterocycles. The Morgan fingerprint density at radius 1 is 1.00 bits per heavy atom. The Balaban J connectivity index is 1.85. The summed E-state index contributed by atoms with van der Waals surface area (Å²) in [6, 6.07) is 17.4. The maximum Gasteiger partial charge on any atom is 0.162 e. The topological polar surface area (TPSA) is 35.5 Å². The van der Waals surface area contributed by atoms with E-state index in [0.717, 1.165) is 35.5 Å². The van der Waals surface area contributed by atoms with Crippen molar-refractivity contribution in [3.05, 3.63) is 65.7 Å². The minimum absolute atomic E-state index is 0.174. The first kappa shape index (κ1) is 15.3. The molecule has 0 heterocycles. The van der Waals surface area contributed by atoms with Crippen molar-refractivity contribution in [3.63, 3.8) is 0 Å². The van der Waals surface area contributed by atoms with Crippen LogP contribution in [-0.2, 0) is 4.79 Å². The van der Waals surface area contributed by atoms with Gasteiger partial charge in [0.25, 0.3) is 0 Å². The van der Waals surface area contributed by atoms with E-state index < -0.39 is 0 Å². The van der Waals surface area contributed by atoms with Crippen molar-refractivity contribution in [2.45, 2.75) is 25.4 Å². The summed E-state index contributed by atoms with van der Waals surface area (Å²) < 4.78 is 11.2. The molecular weight excluding hydrogens is 288 g/mol. The number of para-hydroxylation sites is 1. The Labute approximate surface area is 136 Å². The molecule has 0 aliphatic heterocycles. The van der Waals surface area contributed by atoms with Gasteiger partial charge in [-0.2, -0.15) is 0 Å². The summed E-state index contributed by atoms with van der Waals surface area (Å²) in [7, 11) is 1.64. The SMILES string of the molecule is COc1ccc(/C=C2\C(=O)CCCC2Oc2ccccc2)cc1. The van der Waals surface area contributed by atoms with Gasteiger partial charge >= 0.3 is 0 Å². The number of ether oxygens (including phenoxy) is 2. The fourth-order valence-corrected chi connectivity index (χ4v) is 2.77. The molecule has 3 nitrogen and oxygen atoms in total. The number of hydrogen-bond acceptors (Lipinski definition) is 3. The highest BCUT2D eigenvalue weighted by Gasteiger charge is 2.27. The van der Waals surface area contributed by atoms with Gasteiger partial charge in [-0.25, -0.2) is 0 Å². The van der Waals surface area contributed by atoms with Crippen molar-refractivity contribution in [1.29, 1.82) is 0 Å². The monoisotopic (exact) mass is 308 g/mol. The van der Waals surface area contributed by atoms with E-state index in [1.807, 2.05) is 60.7 Å². The molecule has 0 spiro atoms. The van der Waals surface area contributed by atoms with Crippen LogP contribution in [0.5, 0.6) is 11.5 Å². The van der Waals surface area contributed by atoms with Gasteiger partial charge in [-0.15, -0.1) is 0 Å². The van der Waals surface area contributed by atoms with Gasteiger partial charge in [0.05, 0.1) is 7.11 Å². The standard InChI is InChI=1S/C20H20O3/c1-22-16-12-10-15(11-13-16)14-18-19(21)8-5-9-20(18)23-17-6-3-2-4-7-17/h2-4,6-7,10-14,20H,5,8-9H2,1H3/b18-14+. The van der Waals surface area contributed by atoms with Crippen molar-refractivity contribution in [3.8, 4) is 11.5 Å². The number of ketones is 1. The van der Waals surface area contributed by atoms with Gasteiger partial charge in [0.15, 0.2) is 5.78 Å². The van der Waals surface area contributed by atoms with Gasteiger partial charge in [0, 0.05) is 12.0 Å². The highest BCUT2D eigenvalue weighted by Crippen LogP contribution is 2.27. The first-order chi connectivity index (χ1) is 11.3. The van der Waals surface area contributed by atoms with Crippen LogP contribution in [0.3, 0.4) is 0 Å². The zero-order valence-electron chi connectivity index (χ0n) is 13.2. The predicted molar refractivity (Wildman–Crippen MR) is 90.7 cm³/mol. The second kappa shape index (κ2) is 7.14. The molecule has 2 aromatic carbocycles. The molecule has 0 radical (unpaired) electrons. The first-order valence-electron chi connectivity index (χ1n) is 7.87. The second-order valence-electron chi connectivity index (χ2n) is 5.61. The third-order valence-corrected chi connectivity index (χ3v) is 4.00. The van der Waals surface area contributed by atoms with Crippen LogP contribution in [0.1, 0.15) is 24.8 Å². The Kier molecular flexibility index (Phi) is 4.77. The van der Waals surface area contributed by atoms with Crippen LogP contribution < -0.4 is 9.47 Å². The number of hydrogen-bond donors (Lipinski definition) is 0. The molecule has 2 aromatic rings. The Bertz CT molecular complexity index is 687. The number of benzene rings is 2. The van der Waals surface area contributed by atoms with E-state index in [9.17, 15) is 4.79 Å². The molecular formula is C20H20O3. The van der Waals surface area contributed by atoms with Crippen molar-refractivity contribution in [1.82, 2.24) is 0 Å². The lowest BCUT2D eigenvalue weighted by Gasteiger charge is -2.25. The van der Waals surface area contributed by atoms with Crippen LogP contribution in [0.4, 0.5) is 0 Å². The fraction of sp³-hybridized carbons (Fsp3) is 0.250. The van der Waals surface area contributed by atoms with E-state index in [2.05, 4.69) is 0 Å². The smallest absolute Gasteiger partial charge is 0.162 e. The van der Waals surface area contributed by atoms with Crippen LogP contribution in [0, 0.1) is 0 Å². The summed E-state index contributed by atoms with van der Waals surface area (Å²) in [6.07, 6.45) is 4.09. The fourth-order valence-electron chi connectivity index (χ4n) is 2.77. The number of Topliss-reactive ketones (excluding diaryl/α,β-unsaturated/α-hetero) is 1. The van der Waals surface area contributed by atoms with Crippen LogP contribution in [0.15, 0.2) is 60.2 Å². The highest BCUT2D eigenvalue weighted by atomic mass is 16.5. The number of carbonyl (C=O) groups is 1. The van der Waals surface area contributed by atoms with E-state index in [-0.39, 0.29) is 11.9 Å². The molecule has 1 aliphatic carbocycles. The maximum atomic E-state index is 12.3. The molecule has 1 saturated carbocycles. The van der Waals surface area contributed by atoms with E-state index in [0.29, 0.717) is 6.42 Å². The van der Waals surface area contributed by atoms with Gasteiger partial charge in [0.2, 0.25) is 0 Å². The summed E-state index contributed by atoms with van der Waals surface area (Å²) >= 11 is 0. The Hall–Kier alpha value is -2.55. The van der Waals surface area contributed by atoms with E-state index >= 15 is 0 Å². The average molecular weight is 308 g/mol. The summed E-state index contributed by atoms with van der Waals surface area (Å²) in [5, 5.41) is 0. The van der Waals surface area contributed by atoms with Crippen LogP contribution >= 0.6 is 0 Å². The van der Waals surface area contributed by atoms with E-state index in [4.69, 9.17) is 9.47 Å². The van der Waals surface area contributed by atoms with Gasteiger partial charge < -0.3 is 9.47 Å². The van der Waals surface area contributed by atoms with Crippen molar-refractivity contribution in [2.75, 3.05) is 7.11 Å². The minimum Gasteiger partial charge on any atom is -0.497 e. The van der Waals surface area contributed by atoms with Crippen molar-refractivity contribution in [2.24, 2.45) is 0 Å². The van der Waals surface area contributed by atoms with Gasteiger partial charge in [-0.3, -0.25) is 4.79 Å². The predicted octanol–water partition coefficient (Wildman–Crippen LogP) is 4.28. The second-order valence-corrected chi connectivity index (χ2v) is 5.61. The molecule has 3 rings (SSSR count). The summed E-state index contributed by atoms with van der Waals surface area (Å²) in [5.41, 5.74) is 1.74. The third-order valence-electron chi connectivity index (χ3n) is 4.00. The Morgan fingerprint density at radius 2 is 1.74 bits per heavy atom. The van der Waals surface area contributed by atoms with Gasteiger partial charge in [-0.1, -0.05) is 30.3 Å². The molecule has 1 atom stereocenters. The van der Waals surface area contributed by atoms with Crippen LogP contribution in [0.2, 0.25) is 0 Å².